The number of hydroxylamine groups is 1. The molecule has 0 fully saturated rings. The average Bonchev–Trinajstić information content (AvgIpc) is 2.24. The van der Waals surface area contributed by atoms with E-state index in [2.05, 4.69) is 46.2 Å². The van der Waals surface area contributed by atoms with E-state index in [0.29, 0.717) is 12.3 Å². The molecule has 0 aliphatic rings. The minimum atomic E-state index is 0.0772. The first-order chi connectivity index (χ1) is 8.65. The molecule has 0 amide bonds. The van der Waals surface area contributed by atoms with E-state index in [1.807, 2.05) is 6.07 Å². The van der Waals surface area contributed by atoms with Crippen molar-refractivity contribution >= 4 is 0 Å². The fourth-order valence-corrected chi connectivity index (χ4v) is 2.73. The van der Waals surface area contributed by atoms with Gasteiger partial charge in [0.1, 0.15) is 5.75 Å². The molecule has 0 aliphatic carbocycles. The Balaban J connectivity index is 3.00. The molecule has 108 valence electrons. The molecule has 0 aliphatic heterocycles. The van der Waals surface area contributed by atoms with Crippen molar-refractivity contribution < 1.29 is 9.94 Å². The molecule has 0 unspecified atom stereocenters. The zero-order valence-corrected chi connectivity index (χ0v) is 13.0. The molecule has 1 aromatic rings. The number of nitrogens with one attached hydrogen (secondary N) is 1. The van der Waals surface area contributed by atoms with Crippen molar-refractivity contribution in [1.82, 2.24) is 5.48 Å². The molecule has 3 heteroatoms. The van der Waals surface area contributed by atoms with Gasteiger partial charge in [0.25, 0.3) is 0 Å². The summed E-state index contributed by atoms with van der Waals surface area (Å²) in [6.45, 7) is 11.8. The van der Waals surface area contributed by atoms with E-state index in [1.54, 1.807) is 13.2 Å². The van der Waals surface area contributed by atoms with Gasteiger partial charge in [0.2, 0.25) is 0 Å². The van der Waals surface area contributed by atoms with Crippen molar-refractivity contribution in [2.75, 3.05) is 7.11 Å². The highest BCUT2D eigenvalue weighted by atomic mass is 16.6. The van der Waals surface area contributed by atoms with E-state index in [9.17, 15) is 5.11 Å². The summed E-state index contributed by atoms with van der Waals surface area (Å²) in [6, 6.07) is 5.84. The molecule has 0 bridgehead atoms. The topological polar surface area (TPSA) is 41.5 Å². The summed E-state index contributed by atoms with van der Waals surface area (Å²) in [5, 5.41) is 9.86. The zero-order chi connectivity index (χ0) is 14.7. The summed E-state index contributed by atoms with van der Waals surface area (Å²) in [4.78, 5) is 4.85. The number of benzene rings is 1. The monoisotopic (exact) mass is 265 g/mol. The maximum absolute atomic E-state index is 9.86. The van der Waals surface area contributed by atoms with Crippen LogP contribution in [0, 0.1) is 5.41 Å². The number of aromatic hydroxyl groups is 1. The van der Waals surface area contributed by atoms with Gasteiger partial charge in [-0.1, -0.05) is 46.8 Å². The lowest BCUT2D eigenvalue weighted by Crippen LogP contribution is -2.25. The Labute approximate surface area is 116 Å². The Hall–Kier alpha value is -1.06. The maximum atomic E-state index is 9.86. The summed E-state index contributed by atoms with van der Waals surface area (Å²) in [6.07, 6.45) is 1.09. The molecule has 1 rings (SSSR count). The van der Waals surface area contributed by atoms with Crippen LogP contribution in [-0.2, 0) is 16.8 Å². The van der Waals surface area contributed by atoms with Gasteiger partial charge in [-0.2, -0.15) is 5.48 Å². The Morgan fingerprint density at radius 2 is 1.79 bits per heavy atom. The van der Waals surface area contributed by atoms with Crippen molar-refractivity contribution in [2.24, 2.45) is 5.41 Å². The maximum Gasteiger partial charge on any atom is 0.120 e. The Morgan fingerprint density at radius 1 is 1.16 bits per heavy atom. The molecule has 0 atom stereocenters. The van der Waals surface area contributed by atoms with Crippen LogP contribution in [0.5, 0.6) is 5.75 Å². The second-order valence-electron chi connectivity index (χ2n) is 6.99. The standard InChI is InChI=1S/C16H27NO2/c1-15(2,3)11-16(4,5)13-7-8-14(18)12(9-13)10-17-19-6/h7-9,17-18H,10-11H2,1-6H3. The minimum Gasteiger partial charge on any atom is -0.508 e. The molecule has 2 N–H and O–H groups in total. The van der Waals surface area contributed by atoms with Gasteiger partial charge >= 0.3 is 0 Å². The molecule has 0 heterocycles. The van der Waals surface area contributed by atoms with Crippen molar-refractivity contribution in [3.63, 3.8) is 0 Å². The molecule has 0 saturated carbocycles. The number of phenols is 1. The Bertz CT molecular complexity index is 419. The first-order valence-corrected chi connectivity index (χ1v) is 6.74. The first kappa shape index (κ1) is 16.0. The van der Waals surface area contributed by atoms with Gasteiger partial charge in [-0.15, -0.1) is 0 Å². The summed E-state index contributed by atoms with van der Waals surface area (Å²) in [5.41, 5.74) is 5.23. The molecule has 0 aromatic heterocycles. The number of hydrogen-bond acceptors (Lipinski definition) is 3. The molecule has 1 aromatic carbocycles. The van der Waals surface area contributed by atoms with Crippen LogP contribution >= 0.6 is 0 Å². The second kappa shape index (κ2) is 5.93. The second-order valence-corrected chi connectivity index (χ2v) is 6.99. The van der Waals surface area contributed by atoms with Crippen LogP contribution in [0.4, 0.5) is 0 Å². The highest BCUT2D eigenvalue weighted by Crippen LogP contribution is 2.37. The third-order valence-corrected chi connectivity index (χ3v) is 3.24. The quantitative estimate of drug-likeness (QED) is 0.797. The van der Waals surface area contributed by atoms with E-state index in [1.165, 1.54) is 5.56 Å². The van der Waals surface area contributed by atoms with E-state index in [0.717, 1.165) is 12.0 Å². The molecule has 3 nitrogen and oxygen atoms in total. The summed E-state index contributed by atoms with van der Waals surface area (Å²) in [7, 11) is 1.57. The summed E-state index contributed by atoms with van der Waals surface area (Å²) in [5.74, 6) is 0.305. The fraction of sp³-hybridized carbons (Fsp3) is 0.625. The Kier molecular flexibility index (Phi) is 4.99. The highest BCUT2D eigenvalue weighted by molar-refractivity contribution is 5.39. The normalized spacial score (nSPS) is 12.7. The molecule has 0 saturated heterocycles. The lowest BCUT2D eigenvalue weighted by molar-refractivity contribution is 0.0861. The molecule has 0 radical (unpaired) electrons. The predicted octanol–water partition coefficient (Wildman–Crippen LogP) is 3.76. The van der Waals surface area contributed by atoms with E-state index in [4.69, 9.17) is 4.84 Å². The first-order valence-electron chi connectivity index (χ1n) is 6.74. The number of phenolic OH excluding ortho intramolecular Hbond substituents is 1. The van der Waals surface area contributed by atoms with Crippen molar-refractivity contribution in [1.29, 1.82) is 0 Å². The van der Waals surface area contributed by atoms with Crippen molar-refractivity contribution in [3.8, 4) is 5.75 Å². The van der Waals surface area contributed by atoms with Crippen molar-refractivity contribution in [3.05, 3.63) is 29.3 Å². The van der Waals surface area contributed by atoms with Gasteiger partial charge in [0, 0.05) is 12.1 Å². The van der Waals surface area contributed by atoms with E-state index in [-0.39, 0.29) is 10.8 Å². The van der Waals surface area contributed by atoms with Gasteiger partial charge < -0.3 is 9.94 Å². The largest absolute Gasteiger partial charge is 0.508 e. The predicted molar refractivity (Wildman–Crippen MR) is 79.1 cm³/mol. The number of hydrogen-bond donors (Lipinski definition) is 2. The van der Waals surface area contributed by atoms with Gasteiger partial charge in [-0.3, -0.25) is 0 Å². The SMILES string of the molecule is CONCc1cc(C(C)(C)CC(C)(C)C)ccc1O. The lowest BCUT2D eigenvalue weighted by Gasteiger charge is -2.33. The van der Waals surface area contributed by atoms with Gasteiger partial charge in [0.15, 0.2) is 0 Å². The van der Waals surface area contributed by atoms with Crippen molar-refractivity contribution in [2.45, 2.75) is 53.0 Å². The van der Waals surface area contributed by atoms with Gasteiger partial charge in [-0.05, 0) is 28.9 Å². The fourth-order valence-electron chi connectivity index (χ4n) is 2.73. The zero-order valence-electron chi connectivity index (χ0n) is 13.0. The minimum absolute atomic E-state index is 0.0772. The third-order valence-electron chi connectivity index (χ3n) is 3.24. The molecule has 0 spiro atoms. The third kappa shape index (κ3) is 4.84. The highest BCUT2D eigenvalue weighted by Gasteiger charge is 2.27. The van der Waals surface area contributed by atoms with Crippen LogP contribution in [0.25, 0.3) is 0 Å². The van der Waals surface area contributed by atoms with Crippen LogP contribution in [0.15, 0.2) is 18.2 Å². The van der Waals surface area contributed by atoms with Crippen LogP contribution < -0.4 is 5.48 Å². The van der Waals surface area contributed by atoms with Gasteiger partial charge in [-0.25, -0.2) is 0 Å². The summed E-state index contributed by atoms with van der Waals surface area (Å²) >= 11 is 0. The van der Waals surface area contributed by atoms with E-state index < -0.39 is 0 Å². The van der Waals surface area contributed by atoms with Crippen LogP contribution in [-0.4, -0.2) is 12.2 Å². The van der Waals surface area contributed by atoms with Crippen LogP contribution in [0.3, 0.4) is 0 Å². The molecular weight excluding hydrogens is 238 g/mol. The molecule has 19 heavy (non-hydrogen) atoms. The average molecular weight is 265 g/mol. The Morgan fingerprint density at radius 3 is 2.32 bits per heavy atom. The number of rotatable bonds is 5. The van der Waals surface area contributed by atoms with Crippen LogP contribution in [0.2, 0.25) is 0 Å². The van der Waals surface area contributed by atoms with Gasteiger partial charge in [0.05, 0.1) is 7.11 Å². The lowest BCUT2D eigenvalue weighted by atomic mass is 9.72. The van der Waals surface area contributed by atoms with E-state index >= 15 is 0 Å². The smallest absolute Gasteiger partial charge is 0.120 e. The van der Waals surface area contributed by atoms with Crippen LogP contribution in [0.1, 0.15) is 52.2 Å². The molecular formula is C16H27NO2. The summed E-state index contributed by atoms with van der Waals surface area (Å²) < 4.78 is 0.